The van der Waals surface area contributed by atoms with Crippen molar-refractivity contribution in [3.63, 3.8) is 0 Å². The van der Waals surface area contributed by atoms with Crippen molar-refractivity contribution in [1.29, 1.82) is 0 Å². The van der Waals surface area contributed by atoms with E-state index in [-0.39, 0.29) is 11.7 Å². The predicted octanol–water partition coefficient (Wildman–Crippen LogP) is 2.21. The van der Waals surface area contributed by atoms with Gasteiger partial charge in [-0.15, -0.1) is 0 Å². The Kier molecular flexibility index (Phi) is 3.71. The number of carbonyl (C=O) groups is 1. The van der Waals surface area contributed by atoms with E-state index < -0.39 is 0 Å². The van der Waals surface area contributed by atoms with Crippen LogP contribution in [0.3, 0.4) is 0 Å². The van der Waals surface area contributed by atoms with Crippen LogP contribution < -0.4 is 11.1 Å². The van der Waals surface area contributed by atoms with E-state index in [0.29, 0.717) is 23.4 Å². The second-order valence-electron chi connectivity index (χ2n) is 4.38. The summed E-state index contributed by atoms with van der Waals surface area (Å²) in [7, 11) is 0. The van der Waals surface area contributed by atoms with Crippen LogP contribution in [0.4, 0.5) is 5.69 Å². The Morgan fingerprint density at radius 2 is 2.00 bits per heavy atom. The summed E-state index contributed by atoms with van der Waals surface area (Å²) >= 11 is 0. The van der Waals surface area contributed by atoms with Gasteiger partial charge in [-0.1, -0.05) is 18.2 Å². The highest BCUT2D eigenvalue weighted by Gasteiger charge is 2.10. The molecule has 0 aliphatic heterocycles. The fourth-order valence-electron chi connectivity index (χ4n) is 1.85. The van der Waals surface area contributed by atoms with Crippen LogP contribution in [0.1, 0.15) is 21.5 Å². The van der Waals surface area contributed by atoms with Crippen LogP contribution in [0.25, 0.3) is 0 Å². The van der Waals surface area contributed by atoms with Crippen LogP contribution in [0, 0.1) is 6.92 Å². The van der Waals surface area contributed by atoms with Crippen molar-refractivity contribution < 1.29 is 9.90 Å². The van der Waals surface area contributed by atoms with E-state index in [1.807, 2.05) is 18.2 Å². The summed E-state index contributed by atoms with van der Waals surface area (Å²) in [5, 5.41) is 12.4. The van der Waals surface area contributed by atoms with Crippen molar-refractivity contribution in [2.45, 2.75) is 13.5 Å². The molecule has 0 spiro atoms. The first-order valence-corrected chi connectivity index (χ1v) is 5.99. The van der Waals surface area contributed by atoms with Crippen molar-refractivity contribution in [1.82, 2.24) is 5.32 Å². The van der Waals surface area contributed by atoms with E-state index in [1.54, 1.807) is 31.2 Å². The molecule has 0 aromatic heterocycles. The minimum absolute atomic E-state index is 0.122. The van der Waals surface area contributed by atoms with Gasteiger partial charge in [-0.3, -0.25) is 4.79 Å². The molecular formula is C15H16N2O2. The Labute approximate surface area is 111 Å². The number of aromatic hydroxyl groups is 1. The molecule has 0 bridgehead atoms. The number of nitrogens with two attached hydrogens (primary N) is 1. The molecule has 0 heterocycles. The molecule has 0 atom stereocenters. The molecule has 0 saturated heterocycles. The molecule has 2 aromatic carbocycles. The number of hydrogen-bond acceptors (Lipinski definition) is 3. The minimum Gasteiger partial charge on any atom is -0.508 e. The summed E-state index contributed by atoms with van der Waals surface area (Å²) < 4.78 is 0. The molecule has 4 heteroatoms. The zero-order valence-electron chi connectivity index (χ0n) is 10.7. The molecule has 4 N–H and O–H groups in total. The third kappa shape index (κ3) is 3.04. The molecule has 19 heavy (non-hydrogen) atoms. The average molecular weight is 256 g/mol. The standard InChI is InChI=1S/C15H16N2O2/c1-10-13(6-3-7-14(10)18)15(19)17-9-11-4-2-5-12(16)8-11/h2-8,18H,9,16H2,1H3,(H,17,19). The van der Waals surface area contributed by atoms with Gasteiger partial charge >= 0.3 is 0 Å². The predicted molar refractivity (Wildman–Crippen MR) is 74.9 cm³/mol. The Hall–Kier alpha value is -2.49. The zero-order valence-corrected chi connectivity index (χ0v) is 10.7. The summed E-state index contributed by atoms with van der Waals surface area (Å²) in [4.78, 5) is 12.0. The van der Waals surface area contributed by atoms with Gasteiger partial charge in [0.2, 0.25) is 0 Å². The first-order chi connectivity index (χ1) is 9.08. The second-order valence-corrected chi connectivity index (χ2v) is 4.38. The van der Waals surface area contributed by atoms with Crippen molar-refractivity contribution in [2.24, 2.45) is 0 Å². The van der Waals surface area contributed by atoms with Crippen LogP contribution in [0.5, 0.6) is 5.75 Å². The highest BCUT2D eigenvalue weighted by molar-refractivity contribution is 5.96. The Morgan fingerprint density at radius 1 is 1.26 bits per heavy atom. The Morgan fingerprint density at radius 3 is 2.74 bits per heavy atom. The number of amides is 1. The van der Waals surface area contributed by atoms with Crippen LogP contribution in [-0.2, 0) is 6.54 Å². The molecule has 0 fully saturated rings. The van der Waals surface area contributed by atoms with Crippen LogP contribution in [0.2, 0.25) is 0 Å². The Balaban J connectivity index is 2.08. The molecule has 0 aliphatic rings. The minimum atomic E-state index is -0.212. The van der Waals surface area contributed by atoms with Gasteiger partial charge in [-0.25, -0.2) is 0 Å². The van der Waals surface area contributed by atoms with E-state index in [4.69, 9.17) is 5.73 Å². The van der Waals surface area contributed by atoms with Gasteiger partial charge < -0.3 is 16.2 Å². The average Bonchev–Trinajstić information content (AvgIpc) is 2.39. The van der Waals surface area contributed by atoms with Gasteiger partial charge in [0.25, 0.3) is 5.91 Å². The molecule has 2 rings (SSSR count). The lowest BCUT2D eigenvalue weighted by Crippen LogP contribution is -2.23. The third-order valence-electron chi connectivity index (χ3n) is 2.95. The summed E-state index contributed by atoms with van der Waals surface area (Å²) in [6.45, 7) is 2.11. The van der Waals surface area contributed by atoms with Gasteiger partial charge in [0.05, 0.1) is 0 Å². The topological polar surface area (TPSA) is 75.3 Å². The normalized spacial score (nSPS) is 10.2. The number of nitrogens with one attached hydrogen (secondary N) is 1. The SMILES string of the molecule is Cc1c(O)cccc1C(=O)NCc1cccc(N)c1. The first-order valence-electron chi connectivity index (χ1n) is 5.99. The van der Waals surface area contributed by atoms with Crippen molar-refractivity contribution in [3.05, 3.63) is 59.2 Å². The van der Waals surface area contributed by atoms with Gasteiger partial charge in [0.1, 0.15) is 5.75 Å². The maximum atomic E-state index is 12.0. The summed E-state index contributed by atoms with van der Waals surface area (Å²) in [6, 6.07) is 12.2. The van der Waals surface area contributed by atoms with Crippen molar-refractivity contribution in [2.75, 3.05) is 5.73 Å². The molecule has 4 nitrogen and oxygen atoms in total. The lowest BCUT2D eigenvalue weighted by Gasteiger charge is -2.09. The number of phenols is 1. The maximum absolute atomic E-state index is 12.0. The van der Waals surface area contributed by atoms with Crippen molar-refractivity contribution >= 4 is 11.6 Å². The molecule has 0 radical (unpaired) electrons. The number of nitrogen functional groups attached to an aromatic ring is 1. The summed E-state index contributed by atoms with van der Waals surface area (Å²) in [6.07, 6.45) is 0. The molecule has 2 aromatic rings. The number of rotatable bonds is 3. The summed E-state index contributed by atoms with van der Waals surface area (Å²) in [5.74, 6) is -0.0903. The number of hydrogen-bond donors (Lipinski definition) is 3. The van der Waals surface area contributed by atoms with Gasteiger partial charge in [-0.05, 0) is 36.8 Å². The smallest absolute Gasteiger partial charge is 0.251 e. The lowest BCUT2D eigenvalue weighted by atomic mass is 10.1. The van der Waals surface area contributed by atoms with E-state index in [2.05, 4.69) is 5.32 Å². The van der Waals surface area contributed by atoms with E-state index in [0.717, 1.165) is 5.56 Å². The fourth-order valence-corrected chi connectivity index (χ4v) is 1.85. The summed E-state index contributed by atoms with van der Waals surface area (Å²) in [5.41, 5.74) is 8.33. The number of anilines is 1. The monoisotopic (exact) mass is 256 g/mol. The Bertz CT molecular complexity index is 609. The molecule has 0 aliphatic carbocycles. The van der Waals surface area contributed by atoms with Gasteiger partial charge in [-0.2, -0.15) is 0 Å². The number of carbonyl (C=O) groups excluding carboxylic acids is 1. The second kappa shape index (κ2) is 5.44. The molecule has 0 saturated carbocycles. The highest BCUT2D eigenvalue weighted by Crippen LogP contribution is 2.19. The first kappa shape index (κ1) is 13.0. The van der Waals surface area contributed by atoms with Gasteiger partial charge in [0.15, 0.2) is 0 Å². The van der Waals surface area contributed by atoms with Gasteiger partial charge in [0, 0.05) is 23.4 Å². The largest absolute Gasteiger partial charge is 0.508 e. The quantitative estimate of drug-likeness (QED) is 0.737. The number of phenolic OH excluding ortho intramolecular Hbond substituents is 1. The van der Waals surface area contributed by atoms with E-state index in [1.165, 1.54) is 0 Å². The molecule has 98 valence electrons. The number of benzene rings is 2. The highest BCUT2D eigenvalue weighted by atomic mass is 16.3. The molecule has 1 amide bonds. The lowest BCUT2D eigenvalue weighted by molar-refractivity contribution is 0.0950. The zero-order chi connectivity index (χ0) is 13.8. The molecular weight excluding hydrogens is 240 g/mol. The van der Waals surface area contributed by atoms with E-state index >= 15 is 0 Å². The molecule has 0 unspecified atom stereocenters. The van der Waals surface area contributed by atoms with Crippen LogP contribution >= 0.6 is 0 Å². The van der Waals surface area contributed by atoms with E-state index in [9.17, 15) is 9.90 Å². The maximum Gasteiger partial charge on any atom is 0.251 e. The third-order valence-corrected chi connectivity index (χ3v) is 2.95. The fraction of sp³-hybridized carbons (Fsp3) is 0.133. The van der Waals surface area contributed by atoms with Crippen molar-refractivity contribution in [3.8, 4) is 5.75 Å². The van der Waals surface area contributed by atoms with Crippen LogP contribution in [-0.4, -0.2) is 11.0 Å². The van der Waals surface area contributed by atoms with Crippen LogP contribution in [0.15, 0.2) is 42.5 Å².